The smallest absolute Gasteiger partial charge is 0.160 e. The average molecular weight is 433 g/mol. The van der Waals surface area contributed by atoms with E-state index in [2.05, 4.69) is 62.4 Å². The zero-order chi connectivity index (χ0) is 16.1. The van der Waals surface area contributed by atoms with Crippen LogP contribution in [0.1, 0.15) is 13.8 Å². The van der Waals surface area contributed by atoms with Gasteiger partial charge in [0.05, 0.1) is 16.6 Å². The number of rotatable bonds is 2. The Kier molecular flexibility index (Phi) is 3.65. The molecule has 0 fully saturated rings. The number of benzene rings is 2. The van der Waals surface area contributed by atoms with Gasteiger partial charge in [-0.1, -0.05) is 41.9 Å². The Hall–Kier alpha value is -1.46. The Morgan fingerprint density at radius 2 is 1.74 bits per heavy atom. The molecule has 0 spiro atoms. The second-order valence-electron chi connectivity index (χ2n) is 6.17. The van der Waals surface area contributed by atoms with Gasteiger partial charge in [0.15, 0.2) is 5.65 Å². The van der Waals surface area contributed by atoms with Gasteiger partial charge < -0.3 is 4.57 Å². The van der Waals surface area contributed by atoms with E-state index in [1.807, 2.05) is 24.3 Å². The maximum atomic E-state index is 4.90. The highest BCUT2D eigenvalue weighted by Gasteiger charge is 2.18. The number of hydrogen-bond donors (Lipinski definition) is 0. The van der Waals surface area contributed by atoms with Crippen LogP contribution in [0.15, 0.2) is 45.3 Å². The molecule has 4 aromatic rings. The summed E-state index contributed by atoms with van der Waals surface area (Å²) in [5, 5.41) is 1.13. The zero-order valence-corrected chi connectivity index (χ0v) is 16.0. The standard InChI is InChI=1S/C18H15Br2N3/c1-10(2)9-23-17-12(7-11(19)8-13(17)20)16-18(23)22-15-6-4-3-5-14(15)21-16/h3-8,10H,9H2,1-2H3. The van der Waals surface area contributed by atoms with Crippen LogP contribution in [0, 0.1) is 5.92 Å². The van der Waals surface area contributed by atoms with Gasteiger partial charge in [0.25, 0.3) is 0 Å². The van der Waals surface area contributed by atoms with Crippen molar-refractivity contribution in [1.82, 2.24) is 14.5 Å². The number of para-hydroxylation sites is 2. The first-order chi connectivity index (χ1) is 11.0. The number of aromatic nitrogens is 3. The highest BCUT2D eigenvalue weighted by atomic mass is 79.9. The first-order valence-corrected chi connectivity index (χ1v) is 9.17. The Labute approximate surface area is 151 Å². The maximum absolute atomic E-state index is 4.90. The minimum atomic E-state index is 0.526. The molecule has 0 aliphatic heterocycles. The van der Waals surface area contributed by atoms with Gasteiger partial charge in [-0.2, -0.15) is 0 Å². The van der Waals surface area contributed by atoms with Crippen molar-refractivity contribution in [3.05, 3.63) is 45.3 Å². The van der Waals surface area contributed by atoms with E-state index in [9.17, 15) is 0 Å². The number of halogens is 2. The van der Waals surface area contributed by atoms with Gasteiger partial charge >= 0.3 is 0 Å². The van der Waals surface area contributed by atoms with Crippen LogP contribution >= 0.6 is 31.9 Å². The van der Waals surface area contributed by atoms with Gasteiger partial charge in [0.1, 0.15) is 5.52 Å². The summed E-state index contributed by atoms with van der Waals surface area (Å²) in [5.74, 6) is 0.526. The fraction of sp³-hybridized carbons (Fsp3) is 0.222. The first-order valence-electron chi connectivity index (χ1n) is 7.58. The molecule has 5 heteroatoms. The minimum Gasteiger partial charge on any atom is -0.323 e. The number of hydrogen-bond acceptors (Lipinski definition) is 2. The fourth-order valence-electron chi connectivity index (χ4n) is 3.03. The van der Waals surface area contributed by atoms with Crippen LogP contribution in [0.5, 0.6) is 0 Å². The molecule has 4 rings (SSSR count). The molecular weight excluding hydrogens is 418 g/mol. The lowest BCUT2D eigenvalue weighted by Crippen LogP contribution is -2.05. The molecule has 0 amide bonds. The van der Waals surface area contributed by atoms with E-state index < -0.39 is 0 Å². The van der Waals surface area contributed by atoms with Crippen LogP contribution in [0.4, 0.5) is 0 Å². The summed E-state index contributed by atoms with van der Waals surface area (Å²) in [6, 6.07) is 12.2. The average Bonchev–Trinajstić information content (AvgIpc) is 2.78. The lowest BCUT2D eigenvalue weighted by molar-refractivity contribution is 0.543. The molecule has 3 nitrogen and oxygen atoms in total. The molecule has 2 aromatic carbocycles. The zero-order valence-electron chi connectivity index (χ0n) is 12.8. The van der Waals surface area contributed by atoms with Crippen LogP contribution in [0.3, 0.4) is 0 Å². The van der Waals surface area contributed by atoms with E-state index in [0.29, 0.717) is 5.92 Å². The van der Waals surface area contributed by atoms with Crippen molar-refractivity contribution in [2.24, 2.45) is 5.92 Å². The minimum absolute atomic E-state index is 0.526. The summed E-state index contributed by atoms with van der Waals surface area (Å²) in [6.07, 6.45) is 0. The van der Waals surface area contributed by atoms with Crippen LogP contribution in [-0.4, -0.2) is 14.5 Å². The topological polar surface area (TPSA) is 30.7 Å². The SMILES string of the molecule is CC(C)Cn1c2nc3ccccc3nc2c2cc(Br)cc(Br)c21. The second kappa shape index (κ2) is 5.56. The first kappa shape index (κ1) is 15.1. The molecule has 23 heavy (non-hydrogen) atoms. The number of fused-ring (bicyclic) bond motifs is 4. The predicted molar refractivity (Wildman–Crippen MR) is 103 cm³/mol. The van der Waals surface area contributed by atoms with Gasteiger partial charge in [-0.05, 0) is 46.1 Å². The molecule has 0 atom stereocenters. The quantitative estimate of drug-likeness (QED) is 0.393. The Bertz CT molecular complexity index is 1050. The van der Waals surface area contributed by atoms with Crippen molar-refractivity contribution < 1.29 is 0 Å². The molecule has 0 saturated heterocycles. The highest BCUT2D eigenvalue weighted by Crippen LogP contribution is 2.36. The van der Waals surface area contributed by atoms with Crippen LogP contribution in [-0.2, 0) is 6.54 Å². The third-order valence-corrected chi connectivity index (χ3v) is 4.97. The third kappa shape index (κ3) is 2.46. The van der Waals surface area contributed by atoms with Crippen molar-refractivity contribution in [3.63, 3.8) is 0 Å². The van der Waals surface area contributed by atoms with E-state index in [0.717, 1.165) is 48.6 Å². The maximum Gasteiger partial charge on any atom is 0.160 e. The highest BCUT2D eigenvalue weighted by molar-refractivity contribution is 9.11. The number of nitrogens with zero attached hydrogens (tertiary/aromatic N) is 3. The van der Waals surface area contributed by atoms with E-state index in [1.54, 1.807) is 0 Å². The van der Waals surface area contributed by atoms with E-state index in [4.69, 9.17) is 9.97 Å². The summed E-state index contributed by atoms with van der Waals surface area (Å²) in [7, 11) is 0. The van der Waals surface area contributed by atoms with Gasteiger partial charge in [-0.15, -0.1) is 0 Å². The second-order valence-corrected chi connectivity index (χ2v) is 7.94. The Balaban J connectivity index is 2.22. The molecular formula is C18H15Br2N3. The lowest BCUT2D eigenvalue weighted by atomic mass is 10.2. The van der Waals surface area contributed by atoms with Gasteiger partial charge in [-0.3, -0.25) is 0 Å². The lowest BCUT2D eigenvalue weighted by Gasteiger charge is -2.10. The molecule has 0 aliphatic rings. The molecule has 0 unspecified atom stereocenters. The molecule has 0 aliphatic carbocycles. The van der Waals surface area contributed by atoms with E-state index >= 15 is 0 Å². The molecule has 0 bridgehead atoms. The molecule has 116 valence electrons. The largest absolute Gasteiger partial charge is 0.323 e. The van der Waals surface area contributed by atoms with Crippen molar-refractivity contribution >= 4 is 65.0 Å². The van der Waals surface area contributed by atoms with Crippen molar-refractivity contribution in [1.29, 1.82) is 0 Å². The molecule has 2 heterocycles. The van der Waals surface area contributed by atoms with Crippen LogP contribution in [0.25, 0.3) is 33.1 Å². The normalized spacial score (nSPS) is 12.0. The fourth-order valence-corrected chi connectivity index (χ4v) is 4.47. The summed E-state index contributed by atoms with van der Waals surface area (Å²) in [6.45, 7) is 5.35. The van der Waals surface area contributed by atoms with E-state index in [-0.39, 0.29) is 0 Å². The monoisotopic (exact) mass is 431 g/mol. The molecule has 0 radical (unpaired) electrons. The molecule has 2 aromatic heterocycles. The van der Waals surface area contributed by atoms with Crippen molar-refractivity contribution in [2.45, 2.75) is 20.4 Å². The molecule has 0 saturated carbocycles. The van der Waals surface area contributed by atoms with Crippen LogP contribution < -0.4 is 0 Å². The van der Waals surface area contributed by atoms with E-state index in [1.165, 1.54) is 0 Å². The van der Waals surface area contributed by atoms with Gasteiger partial charge in [0, 0.05) is 20.9 Å². The Morgan fingerprint density at radius 1 is 1.04 bits per heavy atom. The summed E-state index contributed by atoms with van der Waals surface area (Å²) in [4.78, 5) is 9.79. The summed E-state index contributed by atoms with van der Waals surface area (Å²) >= 11 is 7.31. The molecule has 0 N–H and O–H groups in total. The van der Waals surface area contributed by atoms with Crippen molar-refractivity contribution in [3.8, 4) is 0 Å². The Morgan fingerprint density at radius 3 is 2.43 bits per heavy atom. The third-order valence-electron chi connectivity index (χ3n) is 3.91. The van der Waals surface area contributed by atoms with Gasteiger partial charge in [-0.25, -0.2) is 9.97 Å². The van der Waals surface area contributed by atoms with Gasteiger partial charge in [0.2, 0.25) is 0 Å². The summed E-state index contributed by atoms with van der Waals surface area (Å²) in [5.41, 5.74) is 4.93. The summed E-state index contributed by atoms with van der Waals surface area (Å²) < 4.78 is 4.38. The predicted octanol–water partition coefficient (Wildman–Crippen LogP) is 5.92. The van der Waals surface area contributed by atoms with Crippen LogP contribution in [0.2, 0.25) is 0 Å². The van der Waals surface area contributed by atoms with Crippen molar-refractivity contribution in [2.75, 3.05) is 0 Å².